The minimum absolute atomic E-state index is 0.0824. The minimum Gasteiger partial charge on any atom is -0.376 e. The summed E-state index contributed by atoms with van der Waals surface area (Å²) in [4.78, 5) is 20.7. The molecule has 0 aliphatic heterocycles. The second-order valence-corrected chi connectivity index (χ2v) is 4.78. The predicted octanol–water partition coefficient (Wildman–Crippen LogP) is 3.44. The summed E-state index contributed by atoms with van der Waals surface area (Å²) in [7, 11) is 0. The topological polar surface area (TPSA) is 84.3 Å². The molecule has 120 valence electrons. The molecule has 2 aromatic rings. The van der Waals surface area contributed by atoms with Gasteiger partial charge in [0.2, 0.25) is 5.91 Å². The summed E-state index contributed by atoms with van der Waals surface area (Å²) < 4.78 is 27.5. The normalized spacial score (nSPS) is 10.2. The summed E-state index contributed by atoms with van der Waals surface area (Å²) >= 11 is 0. The molecule has 23 heavy (non-hydrogen) atoms. The van der Waals surface area contributed by atoms with E-state index in [-0.39, 0.29) is 12.5 Å². The number of halogens is 2. The monoisotopic (exact) mass is 321 g/mol. The van der Waals surface area contributed by atoms with E-state index in [4.69, 9.17) is 0 Å². The van der Waals surface area contributed by atoms with Gasteiger partial charge in [-0.05, 0) is 17.7 Å². The summed E-state index contributed by atoms with van der Waals surface area (Å²) in [5.74, 6) is -2.33. The summed E-state index contributed by atoms with van der Waals surface area (Å²) in [6.07, 6.45) is 0. The molecule has 0 saturated carbocycles. The van der Waals surface area contributed by atoms with Gasteiger partial charge in [0.15, 0.2) is 11.6 Å². The Bertz CT molecular complexity index is 742. The number of anilines is 2. The van der Waals surface area contributed by atoms with Crippen LogP contribution in [0.25, 0.3) is 0 Å². The Morgan fingerprint density at radius 2 is 1.87 bits per heavy atom. The SMILES string of the molecule is CC(=O)Nc1cccc(CNc2c(F)cc([N+](=O)[O-])cc2F)c1. The summed E-state index contributed by atoms with van der Waals surface area (Å²) in [5.41, 5.74) is 0.133. The van der Waals surface area contributed by atoms with Crippen molar-refractivity contribution in [1.29, 1.82) is 0 Å². The van der Waals surface area contributed by atoms with E-state index in [9.17, 15) is 23.7 Å². The van der Waals surface area contributed by atoms with Gasteiger partial charge in [-0.2, -0.15) is 0 Å². The van der Waals surface area contributed by atoms with Gasteiger partial charge in [-0.15, -0.1) is 0 Å². The van der Waals surface area contributed by atoms with Gasteiger partial charge in [0, 0.05) is 19.2 Å². The maximum Gasteiger partial charge on any atom is 0.275 e. The lowest BCUT2D eigenvalue weighted by molar-refractivity contribution is -0.385. The number of nitro benzene ring substituents is 1. The molecule has 0 radical (unpaired) electrons. The Morgan fingerprint density at radius 1 is 1.22 bits per heavy atom. The van der Waals surface area contributed by atoms with Gasteiger partial charge < -0.3 is 10.6 Å². The van der Waals surface area contributed by atoms with Gasteiger partial charge in [-0.3, -0.25) is 14.9 Å². The third-order valence-electron chi connectivity index (χ3n) is 2.95. The van der Waals surface area contributed by atoms with Crippen molar-refractivity contribution >= 4 is 23.0 Å². The second-order valence-electron chi connectivity index (χ2n) is 4.78. The number of non-ortho nitro benzene ring substituents is 1. The number of benzene rings is 2. The number of carbonyl (C=O) groups is 1. The number of carbonyl (C=O) groups excluding carboxylic acids is 1. The molecule has 8 heteroatoms. The molecule has 0 bridgehead atoms. The van der Waals surface area contributed by atoms with Gasteiger partial charge in [0.1, 0.15) is 5.69 Å². The molecule has 0 spiro atoms. The Labute approximate surface area is 130 Å². The minimum atomic E-state index is -1.05. The quantitative estimate of drug-likeness (QED) is 0.652. The molecule has 0 unspecified atom stereocenters. The number of nitrogens with one attached hydrogen (secondary N) is 2. The fourth-order valence-electron chi connectivity index (χ4n) is 1.99. The zero-order valence-corrected chi connectivity index (χ0v) is 12.1. The Hall–Kier alpha value is -3.03. The van der Waals surface area contributed by atoms with E-state index in [2.05, 4.69) is 10.6 Å². The third kappa shape index (κ3) is 4.22. The average molecular weight is 321 g/mol. The molecule has 2 aromatic carbocycles. The van der Waals surface area contributed by atoms with Crippen LogP contribution in [0.1, 0.15) is 12.5 Å². The highest BCUT2D eigenvalue weighted by Gasteiger charge is 2.16. The van der Waals surface area contributed by atoms with Crippen LogP contribution in [-0.4, -0.2) is 10.8 Å². The van der Waals surface area contributed by atoms with Crippen molar-refractivity contribution in [1.82, 2.24) is 0 Å². The van der Waals surface area contributed by atoms with Crippen molar-refractivity contribution in [3.05, 3.63) is 63.7 Å². The third-order valence-corrected chi connectivity index (χ3v) is 2.95. The van der Waals surface area contributed by atoms with Crippen molar-refractivity contribution in [3.63, 3.8) is 0 Å². The first kappa shape index (κ1) is 16.3. The first-order chi connectivity index (χ1) is 10.9. The molecule has 0 saturated heterocycles. The van der Waals surface area contributed by atoms with Crippen molar-refractivity contribution in [2.24, 2.45) is 0 Å². The molecule has 2 rings (SSSR count). The zero-order chi connectivity index (χ0) is 17.0. The van der Waals surface area contributed by atoms with Crippen LogP contribution in [0.5, 0.6) is 0 Å². The van der Waals surface area contributed by atoms with Crippen LogP contribution < -0.4 is 10.6 Å². The van der Waals surface area contributed by atoms with Gasteiger partial charge in [0.25, 0.3) is 5.69 Å². The fourth-order valence-corrected chi connectivity index (χ4v) is 1.99. The van der Waals surface area contributed by atoms with E-state index in [1.165, 1.54) is 6.92 Å². The highest BCUT2D eigenvalue weighted by Crippen LogP contribution is 2.25. The highest BCUT2D eigenvalue weighted by atomic mass is 19.1. The number of hydrogen-bond donors (Lipinski definition) is 2. The van der Waals surface area contributed by atoms with Gasteiger partial charge >= 0.3 is 0 Å². The van der Waals surface area contributed by atoms with Gasteiger partial charge in [-0.25, -0.2) is 8.78 Å². The highest BCUT2D eigenvalue weighted by molar-refractivity contribution is 5.88. The number of amides is 1. The number of rotatable bonds is 5. The lowest BCUT2D eigenvalue weighted by atomic mass is 10.2. The molecule has 0 fully saturated rings. The Kier molecular flexibility index (Phi) is 4.85. The molecule has 0 aromatic heterocycles. The van der Waals surface area contributed by atoms with Crippen LogP contribution in [0.3, 0.4) is 0 Å². The molecule has 0 atom stereocenters. The van der Waals surface area contributed by atoms with Gasteiger partial charge in [0.05, 0.1) is 17.1 Å². The molecule has 2 N–H and O–H groups in total. The smallest absolute Gasteiger partial charge is 0.275 e. The Balaban J connectivity index is 2.15. The second kappa shape index (κ2) is 6.82. The lowest BCUT2D eigenvalue weighted by Gasteiger charge is -2.10. The van der Waals surface area contributed by atoms with Crippen molar-refractivity contribution in [2.75, 3.05) is 10.6 Å². The van der Waals surface area contributed by atoms with E-state index in [1.807, 2.05) is 0 Å². The Morgan fingerprint density at radius 3 is 2.43 bits per heavy atom. The maximum atomic E-state index is 13.8. The fraction of sp³-hybridized carbons (Fsp3) is 0.133. The van der Waals surface area contributed by atoms with E-state index in [1.54, 1.807) is 24.3 Å². The molecule has 6 nitrogen and oxygen atoms in total. The van der Waals surface area contributed by atoms with E-state index < -0.39 is 27.9 Å². The predicted molar refractivity (Wildman–Crippen MR) is 81.1 cm³/mol. The van der Waals surface area contributed by atoms with Crippen LogP contribution in [0, 0.1) is 21.7 Å². The van der Waals surface area contributed by atoms with Crippen LogP contribution in [0.2, 0.25) is 0 Å². The van der Waals surface area contributed by atoms with Crippen LogP contribution in [0.4, 0.5) is 25.8 Å². The van der Waals surface area contributed by atoms with Crippen LogP contribution in [0.15, 0.2) is 36.4 Å². The maximum absolute atomic E-state index is 13.8. The zero-order valence-electron chi connectivity index (χ0n) is 12.1. The first-order valence-electron chi connectivity index (χ1n) is 6.60. The van der Waals surface area contributed by atoms with E-state index >= 15 is 0 Å². The van der Waals surface area contributed by atoms with Crippen LogP contribution in [-0.2, 0) is 11.3 Å². The summed E-state index contributed by atoms with van der Waals surface area (Å²) in [6, 6.07) is 8.02. The molecule has 1 amide bonds. The number of nitro groups is 1. The summed E-state index contributed by atoms with van der Waals surface area (Å²) in [5, 5.41) is 15.7. The molecular weight excluding hydrogens is 308 g/mol. The molecule has 0 aliphatic carbocycles. The standard InChI is InChI=1S/C15H13F2N3O3/c1-9(21)19-11-4-2-3-10(5-11)8-18-15-13(16)6-12(20(22)23)7-14(15)17/h2-7,18H,8H2,1H3,(H,19,21). The van der Waals surface area contributed by atoms with E-state index in [0.29, 0.717) is 23.4 Å². The summed E-state index contributed by atoms with van der Waals surface area (Å²) in [6.45, 7) is 1.45. The van der Waals surface area contributed by atoms with E-state index in [0.717, 1.165) is 0 Å². The molecule has 0 aliphatic rings. The van der Waals surface area contributed by atoms with Crippen molar-refractivity contribution in [3.8, 4) is 0 Å². The average Bonchev–Trinajstić information content (AvgIpc) is 2.45. The number of hydrogen-bond acceptors (Lipinski definition) is 4. The first-order valence-corrected chi connectivity index (χ1v) is 6.60. The van der Waals surface area contributed by atoms with Gasteiger partial charge in [-0.1, -0.05) is 12.1 Å². The van der Waals surface area contributed by atoms with Crippen molar-refractivity contribution in [2.45, 2.75) is 13.5 Å². The molecular formula is C15H13F2N3O3. The largest absolute Gasteiger partial charge is 0.376 e. The molecule has 0 heterocycles. The van der Waals surface area contributed by atoms with Crippen LogP contribution >= 0.6 is 0 Å². The van der Waals surface area contributed by atoms with Crippen molar-refractivity contribution < 1.29 is 18.5 Å². The lowest BCUT2D eigenvalue weighted by Crippen LogP contribution is -2.08. The number of nitrogens with zero attached hydrogens (tertiary/aromatic N) is 1.